The van der Waals surface area contributed by atoms with Crippen LogP contribution in [0.15, 0.2) is 83.5 Å². The Kier molecular flexibility index (Phi) is 4.77. The molecule has 0 spiro atoms. The molecule has 1 amide bonds. The van der Waals surface area contributed by atoms with Crippen LogP contribution in [-0.2, 0) is 12.8 Å². The number of aromatic nitrogens is 5. The smallest absolute Gasteiger partial charge is 0.303 e. The van der Waals surface area contributed by atoms with Crippen LogP contribution in [0.4, 0.5) is 5.69 Å². The second-order valence-corrected chi connectivity index (χ2v) is 8.10. The van der Waals surface area contributed by atoms with E-state index in [1.807, 2.05) is 48.5 Å². The van der Waals surface area contributed by atoms with Crippen molar-refractivity contribution in [2.75, 3.05) is 5.32 Å². The van der Waals surface area contributed by atoms with Crippen molar-refractivity contribution in [3.63, 3.8) is 0 Å². The van der Waals surface area contributed by atoms with E-state index in [9.17, 15) is 15.2 Å². The van der Waals surface area contributed by atoms with Gasteiger partial charge in [-0.15, -0.1) is 4.85 Å². The minimum absolute atomic E-state index is 0.240. The van der Waals surface area contributed by atoms with Gasteiger partial charge in [-0.3, -0.25) is 9.42 Å². The molecular formula is C25H18N6O4. The molecule has 2 aromatic heterocycles. The predicted octanol–water partition coefficient (Wildman–Crippen LogP) is 2.81. The van der Waals surface area contributed by atoms with Crippen molar-refractivity contribution < 1.29 is 19.2 Å². The van der Waals surface area contributed by atoms with Gasteiger partial charge in [-0.2, -0.15) is 0 Å². The monoisotopic (exact) mass is 466 g/mol. The van der Waals surface area contributed by atoms with E-state index < -0.39 is 0 Å². The first-order chi connectivity index (χ1) is 17.1. The molecule has 0 fully saturated rings. The first kappa shape index (κ1) is 20.6. The van der Waals surface area contributed by atoms with Gasteiger partial charge in [-0.05, 0) is 45.1 Å². The molecule has 35 heavy (non-hydrogen) atoms. The maximum Gasteiger partial charge on any atom is 0.303 e. The SMILES string of the molecule is O=C(Nc1cccc(-c2ccccc2)c1)c1ccccc1-n1nc2c([n+]1[O-])CCc1c-2no[n+]1[O-]. The Morgan fingerprint density at radius 1 is 0.886 bits per heavy atom. The number of nitrogens with one attached hydrogen (secondary N) is 1. The minimum atomic E-state index is -0.390. The lowest BCUT2D eigenvalue weighted by Gasteiger charge is -2.12. The summed E-state index contributed by atoms with van der Waals surface area (Å²) >= 11 is 0. The van der Waals surface area contributed by atoms with Crippen molar-refractivity contribution >= 4 is 11.6 Å². The molecule has 0 unspecified atom stereocenters. The summed E-state index contributed by atoms with van der Waals surface area (Å²) < 4.78 is 4.69. The van der Waals surface area contributed by atoms with Crippen LogP contribution in [0.2, 0.25) is 0 Å². The van der Waals surface area contributed by atoms with Gasteiger partial charge in [0, 0.05) is 18.5 Å². The summed E-state index contributed by atoms with van der Waals surface area (Å²) in [4.78, 5) is 15.3. The molecule has 0 radical (unpaired) electrons. The van der Waals surface area contributed by atoms with Crippen molar-refractivity contribution in [1.82, 2.24) is 15.1 Å². The van der Waals surface area contributed by atoms with Crippen LogP contribution in [0.1, 0.15) is 21.7 Å². The Balaban J connectivity index is 1.35. The normalized spacial score (nSPS) is 12.1. The van der Waals surface area contributed by atoms with Crippen molar-refractivity contribution in [2.24, 2.45) is 0 Å². The number of hydrogen-bond donors (Lipinski definition) is 1. The van der Waals surface area contributed by atoms with Crippen LogP contribution in [-0.4, -0.2) is 21.0 Å². The summed E-state index contributed by atoms with van der Waals surface area (Å²) in [5.74, 6) is -0.390. The predicted molar refractivity (Wildman–Crippen MR) is 124 cm³/mol. The lowest BCUT2D eigenvalue weighted by molar-refractivity contribution is -0.808. The Hall–Kier alpha value is -4.99. The third-order valence-electron chi connectivity index (χ3n) is 5.99. The number of amides is 1. The lowest BCUT2D eigenvalue weighted by Crippen LogP contribution is -2.42. The number of carbonyl (C=O) groups excluding carboxylic acids is 1. The quantitative estimate of drug-likeness (QED) is 0.321. The summed E-state index contributed by atoms with van der Waals surface area (Å²) in [5, 5.41) is 36.0. The van der Waals surface area contributed by atoms with Gasteiger partial charge in [0.05, 0.1) is 15.8 Å². The topological polar surface area (TPSA) is 127 Å². The van der Waals surface area contributed by atoms with Crippen LogP contribution < -0.4 is 15.1 Å². The Bertz CT molecular complexity index is 1570. The number of carbonyl (C=O) groups is 1. The van der Waals surface area contributed by atoms with E-state index >= 15 is 0 Å². The standard InChI is InChI=1S/C25H18N6O4/c32-25(26-18-10-6-9-17(15-18)16-7-2-1-3-8-16)19-11-4-5-12-20(19)29-27-23-21(30(29)33)13-14-22-24(23)28-35-31(22)34/h1-12,15H,13-14H2,(H,26,32). The number of fused-ring (bicyclic) bond motifs is 3. The average molecular weight is 466 g/mol. The molecule has 1 N–H and O–H groups in total. The number of nitrogens with zero attached hydrogens (tertiary/aromatic N) is 5. The summed E-state index contributed by atoms with van der Waals surface area (Å²) in [7, 11) is 0. The van der Waals surface area contributed by atoms with E-state index in [-0.39, 0.29) is 22.9 Å². The number of rotatable bonds is 4. The molecule has 0 saturated carbocycles. The van der Waals surface area contributed by atoms with Gasteiger partial charge < -0.3 is 15.7 Å². The van der Waals surface area contributed by atoms with Crippen molar-refractivity contribution in [1.29, 1.82) is 0 Å². The minimum Gasteiger partial charge on any atom is -0.692 e. The molecular weight excluding hydrogens is 448 g/mol. The maximum absolute atomic E-state index is 13.3. The zero-order valence-electron chi connectivity index (χ0n) is 18.3. The van der Waals surface area contributed by atoms with Gasteiger partial charge >= 0.3 is 11.4 Å². The molecule has 0 atom stereocenters. The molecule has 10 nitrogen and oxygen atoms in total. The van der Waals surface area contributed by atoms with Crippen LogP contribution >= 0.6 is 0 Å². The van der Waals surface area contributed by atoms with Crippen LogP contribution in [0, 0.1) is 10.4 Å². The summed E-state index contributed by atoms with van der Waals surface area (Å²) in [6.07, 6.45) is 0.610. The second kappa shape index (κ2) is 8.10. The van der Waals surface area contributed by atoms with Gasteiger partial charge in [0.2, 0.25) is 5.69 Å². The summed E-state index contributed by atoms with van der Waals surface area (Å²) in [5.41, 5.74) is 4.38. The Morgan fingerprint density at radius 2 is 1.63 bits per heavy atom. The largest absolute Gasteiger partial charge is 0.692 e. The molecule has 0 bridgehead atoms. The zero-order chi connectivity index (χ0) is 23.9. The number of para-hydroxylation sites is 1. The number of anilines is 1. The molecule has 3 aromatic carbocycles. The highest BCUT2D eigenvalue weighted by atomic mass is 16.8. The molecule has 1 aliphatic carbocycles. The molecule has 1 aliphatic rings. The van der Waals surface area contributed by atoms with E-state index in [2.05, 4.69) is 20.2 Å². The molecule has 2 heterocycles. The summed E-state index contributed by atoms with van der Waals surface area (Å²) in [6, 6.07) is 24.1. The van der Waals surface area contributed by atoms with E-state index in [4.69, 9.17) is 0 Å². The van der Waals surface area contributed by atoms with Crippen LogP contribution in [0.3, 0.4) is 0 Å². The highest BCUT2D eigenvalue weighted by Gasteiger charge is 2.39. The van der Waals surface area contributed by atoms with Gasteiger partial charge in [0.1, 0.15) is 5.69 Å². The molecule has 5 aromatic rings. The molecule has 0 aliphatic heterocycles. The van der Waals surface area contributed by atoms with Gasteiger partial charge in [0.25, 0.3) is 5.91 Å². The molecule has 10 heteroatoms. The van der Waals surface area contributed by atoms with Crippen molar-refractivity contribution in [2.45, 2.75) is 12.8 Å². The highest BCUT2D eigenvalue weighted by Crippen LogP contribution is 2.28. The van der Waals surface area contributed by atoms with E-state index in [0.717, 1.165) is 15.9 Å². The first-order valence-corrected chi connectivity index (χ1v) is 11.0. The first-order valence-electron chi connectivity index (χ1n) is 11.0. The number of benzene rings is 3. The maximum atomic E-state index is 13.3. The van der Waals surface area contributed by atoms with Crippen molar-refractivity contribution in [3.8, 4) is 28.2 Å². The van der Waals surface area contributed by atoms with Gasteiger partial charge in [-0.1, -0.05) is 54.6 Å². The van der Waals surface area contributed by atoms with E-state index in [0.29, 0.717) is 45.4 Å². The Labute approximate surface area is 198 Å². The fourth-order valence-electron chi connectivity index (χ4n) is 4.29. The van der Waals surface area contributed by atoms with E-state index in [1.54, 1.807) is 30.3 Å². The molecule has 0 saturated heterocycles. The van der Waals surface area contributed by atoms with E-state index in [1.165, 1.54) is 0 Å². The Morgan fingerprint density at radius 3 is 2.49 bits per heavy atom. The third-order valence-corrected chi connectivity index (χ3v) is 5.99. The third kappa shape index (κ3) is 3.48. The van der Waals surface area contributed by atoms with Gasteiger partial charge in [0.15, 0.2) is 5.69 Å². The number of hydrogen-bond acceptors (Lipinski definition) is 6. The van der Waals surface area contributed by atoms with Crippen LogP contribution in [0.25, 0.3) is 28.2 Å². The average Bonchev–Trinajstić information content (AvgIpc) is 3.44. The zero-order valence-corrected chi connectivity index (χ0v) is 18.3. The molecule has 6 rings (SSSR count). The lowest BCUT2D eigenvalue weighted by atomic mass is 10.0. The van der Waals surface area contributed by atoms with Crippen molar-refractivity contribution in [3.05, 3.63) is 106 Å². The molecule has 172 valence electrons. The fourth-order valence-corrected chi connectivity index (χ4v) is 4.29. The second-order valence-electron chi connectivity index (χ2n) is 8.10. The summed E-state index contributed by atoms with van der Waals surface area (Å²) in [6.45, 7) is 0. The highest BCUT2D eigenvalue weighted by molar-refractivity contribution is 6.06. The van der Waals surface area contributed by atoms with Crippen LogP contribution in [0.5, 0.6) is 0 Å². The fraction of sp³-hybridized carbons (Fsp3) is 0.0800. The van der Waals surface area contributed by atoms with Gasteiger partial charge in [-0.25, -0.2) is 0 Å².